The summed E-state index contributed by atoms with van der Waals surface area (Å²) in [7, 11) is 1.61. The summed E-state index contributed by atoms with van der Waals surface area (Å²) in [4.78, 5) is 34.9. The van der Waals surface area contributed by atoms with Crippen LogP contribution in [0.15, 0.2) is 71.5 Å². The highest BCUT2D eigenvalue weighted by atomic mass is 16.5. The van der Waals surface area contributed by atoms with E-state index in [-0.39, 0.29) is 29.3 Å². The van der Waals surface area contributed by atoms with Crippen LogP contribution in [0.25, 0.3) is 16.6 Å². The number of methoxy groups -OCH3 is 1. The van der Waals surface area contributed by atoms with Crippen molar-refractivity contribution in [3.8, 4) is 11.4 Å². The van der Waals surface area contributed by atoms with Crippen molar-refractivity contribution in [1.29, 1.82) is 0 Å². The maximum Gasteiger partial charge on any atom is 0.322 e. The molecule has 1 aromatic heterocycles. The van der Waals surface area contributed by atoms with E-state index in [9.17, 15) is 9.59 Å². The van der Waals surface area contributed by atoms with Crippen LogP contribution in [0.5, 0.6) is 5.75 Å². The van der Waals surface area contributed by atoms with Gasteiger partial charge in [0.05, 0.1) is 29.7 Å². The Labute approximate surface area is 243 Å². The lowest BCUT2D eigenvalue weighted by atomic mass is 9.92. The van der Waals surface area contributed by atoms with E-state index >= 15 is 0 Å². The SMILES string of the molecule is COc1ccc(-n2c(C(C)N(CC(C)C)C(=O)Nc3c(C(C)C)cccc3C(C)C)nc3ccccc3c2=O)cc1. The van der Waals surface area contributed by atoms with Gasteiger partial charge in [-0.1, -0.05) is 71.9 Å². The molecule has 7 heteroatoms. The van der Waals surface area contributed by atoms with Crippen LogP contribution in [0.3, 0.4) is 0 Å². The Kier molecular flexibility index (Phi) is 9.16. The molecule has 0 radical (unpaired) electrons. The summed E-state index contributed by atoms with van der Waals surface area (Å²) in [5.74, 6) is 1.85. The van der Waals surface area contributed by atoms with Crippen LogP contribution in [-0.4, -0.2) is 34.1 Å². The molecule has 0 aliphatic carbocycles. The number of benzene rings is 3. The number of hydrogen-bond acceptors (Lipinski definition) is 4. The quantitative estimate of drug-likeness (QED) is 0.228. The minimum atomic E-state index is -0.509. The zero-order valence-corrected chi connectivity index (χ0v) is 25.4. The van der Waals surface area contributed by atoms with Crippen molar-refractivity contribution in [3.63, 3.8) is 0 Å². The van der Waals surface area contributed by atoms with E-state index < -0.39 is 6.04 Å². The molecule has 0 fully saturated rings. The van der Waals surface area contributed by atoms with Gasteiger partial charge in [-0.2, -0.15) is 0 Å². The Morgan fingerprint density at radius 3 is 2.05 bits per heavy atom. The summed E-state index contributed by atoms with van der Waals surface area (Å²) in [6.45, 7) is 15.1. The average molecular weight is 555 g/mol. The third kappa shape index (κ3) is 6.29. The predicted molar refractivity (Wildman–Crippen MR) is 167 cm³/mol. The molecule has 1 unspecified atom stereocenters. The smallest absolute Gasteiger partial charge is 0.322 e. The average Bonchev–Trinajstić information content (AvgIpc) is 2.95. The Bertz CT molecular complexity index is 1550. The standard InChI is InChI=1S/C34H42N4O3/c1-21(2)20-37(34(40)36-31-27(22(3)4)13-11-14-28(31)23(5)6)24(7)32-35-30-15-10-9-12-29(30)33(39)38(32)25-16-18-26(41-8)19-17-25/h9-19,21-24H,20H2,1-8H3,(H,36,40). The van der Waals surface area contributed by atoms with Crippen molar-refractivity contribution in [2.45, 2.75) is 66.3 Å². The van der Waals surface area contributed by atoms with Crippen LogP contribution in [0.2, 0.25) is 0 Å². The molecule has 4 aromatic rings. The molecular formula is C34H42N4O3. The highest BCUT2D eigenvalue weighted by Gasteiger charge is 2.29. The molecule has 41 heavy (non-hydrogen) atoms. The van der Waals surface area contributed by atoms with Gasteiger partial charge in [0.2, 0.25) is 0 Å². The summed E-state index contributed by atoms with van der Waals surface area (Å²) in [5.41, 5.74) is 4.14. The number of para-hydroxylation sites is 2. The van der Waals surface area contributed by atoms with E-state index in [1.807, 2.05) is 49.4 Å². The van der Waals surface area contributed by atoms with E-state index in [0.717, 1.165) is 16.8 Å². The van der Waals surface area contributed by atoms with Crippen molar-refractivity contribution in [2.75, 3.05) is 19.0 Å². The molecule has 4 rings (SSSR count). The van der Waals surface area contributed by atoms with Gasteiger partial charge in [-0.3, -0.25) is 9.36 Å². The first-order chi connectivity index (χ1) is 19.5. The number of fused-ring (bicyclic) bond motifs is 1. The molecule has 1 atom stereocenters. The van der Waals surface area contributed by atoms with Gasteiger partial charge in [-0.05, 0) is 72.2 Å². The molecule has 0 saturated heterocycles. The number of ether oxygens (including phenoxy) is 1. The topological polar surface area (TPSA) is 76.5 Å². The van der Waals surface area contributed by atoms with Gasteiger partial charge in [0.25, 0.3) is 5.56 Å². The second kappa shape index (κ2) is 12.6. The molecule has 7 nitrogen and oxygen atoms in total. The molecule has 1 heterocycles. The molecule has 2 amide bonds. The van der Waals surface area contributed by atoms with E-state index in [0.29, 0.717) is 34.7 Å². The number of carbonyl (C=O) groups excluding carboxylic acids is 1. The van der Waals surface area contributed by atoms with Crippen molar-refractivity contribution >= 4 is 22.6 Å². The normalized spacial score (nSPS) is 12.3. The molecule has 0 aliphatic rings. The molecule has 0 saturated carbocycles. The van der Waals surface area contributed by atoms with E-state index in [2.05, 4.69) is 65.1 Å². The van der Waals surface area contributed by atoms with Crippen LogP contribution in [0, 0.1) is 5.92 Å². The van der Waals surface area contributed by atoms with Crippen molar-refractivity contribution in [1.82, 2.24) is 14.5 Å². The monoisotopic (exact) mass is 554 g/mol. The number of rotatable bonds is 9. The van der Waals surface area contributed by atoms with Gasteiger partial charge in [-0.25, -0.2) is 9.78 Å². The van der Waals surface area contributed by atoms with Gasteiger partial charge >= 0.3 is 6.03 Å². The number of nitrogens with one attached hydrogen (secondary N) is 1. The molecule has 1 N–H and O–H groups in total. The largest absolute Gasteiger partial charge is 0.497 e. The first-order valence-electron chi connectivity index (χ1n) is 14.4. The van der Waals surface area contributed by atoms with E-state index in [1.165, 1.54) is 0 Å². The highest BCUT2D eigenvalue weighted by molar-refractivity contribution is 5.92. The molecule has 0 bridgehead atoms. The fourth-order valence-electron chi connectivity index (χ4n) is 5.23. The lowest BCUT2D eigenvalue weighted by molar-refractivity contribution is 0.179. The van der Waals surface area contributed by atoms with Gasteiger partial charge in [0.1, 0.15) is 11.6 Å². The third-order valence-electron chi connectivity index (χ3n) is 7.40. The summed E-state index contributed by atoms with van der Waals surface area (Å²) in [6.07, 6.45) is 0. The molecule has 216 valence electrons. The fourth-order valence-corrected chi connectivity index (χ4v) is 5.23. The summed E-state index contributed by atoms with van der Waals surface area (Å²) < 4.78 is 6.96. The van der Waals surface area contributed by atoms with E-state index in [1.54, 1.807) is 22.6 Å². The van der Waals surface area contributed by atoms with E-state index in [4.69, 9.17) is 9.72 Å². The first kappa shape index (κ1) is 29.8. The number of anilines is 1. The Morgan fingerprint density at radius 2 is 1.49 bits per heavy atom. The highest BCUT2D eigenvalue weighted by Crippen LogP contribution is 2.33. The van der Waals surface area contributed by atoms with Crippen LogP contribution in [0.4, 0.5) is 10.5 Å². The van der Waals surface area contributed by atoms with Crippen LogP contribution >= 0.6 is 0 Å². The lowest BCUT2D eigenvalue weighted by Gasteiger charge is -2.33. The zero-order chi connectivity index (χ0) is 29.8. The van der Waals surface area contributed by atoms with Crippen LogP contribution in [0.1, 0.15) is 83.3 Å². The number of urea groups is 1. The second-order valence-corrected chi connectivity index (χ2v) is 11.6. The maximum atomic E-state index is 14.2. The number of aromatic nitrogens is 2. The molecule has 0 spiro atoms. The van der Waals surface area contributed by atoms with Crippen LogP contribution in [-0.2, 0) is 0 Å². The molecular weight excluding hydrogens is 512 g/mol. The molecule has 3 aromatic carbocycles. The minimum Gasteiger partial charge on any atom is -0.497 e. The van der Waals surface area contributed by atoms with Crippen molar-refractivity contribution in [2.24, 2.45) is 5.92 Å². The van der Waals surface area contributed by atoms with Gasteiger partial charge < -0.3 is 15.0 Å². The maximum absolute atomic E-state index is 14.2. The summed E-state index contributed by atoms with van der Waals surface area (Å²) in [5, 5.41) is 3.80. The number of amides is 2. The zero-order valence-electron chi connectivity index (χ0n) is 25.4. The number of carbonyl (C=O) groups is 1. The fraction of sp³-hybridized carbons (Fsp3) is 0.382. The number of nitrogens with zero attached hydrogens (tertiary/aromatic N) is 3. The second-order valence-electron chi connectivity index (χ2n) is 11.6. The summed E-state index contributed by atoms with van der Waals surface area (Å²) >= 11 is 0. The summed E-state index contributed by atoms with van der Waals surface area (Å²) in [6, 6.07) is 20.1. The molecule has 0 aliphatic heterocycles. The van der Waals surface area contributed by atoms with Crippen molar-refractivity contribution < 1.29 is 9.53 Å². The third-order valence-corrected chi connectivity index (χ3v) is 7.40. The minimum absolute atomic E-state index is 0.181. The van der Waals surface area contributed by atoms with Gasteiger partial charge in [0, 0.05) is 12.2 Å². The number of hydrogen-bond donors (Lipinski definition) is 1. The van der Waals surface area contributed by atoms with Crippen molar-refractivity contribution in [3.05, 3.63) is 94.0 Å². The van der Waals surface area contributed by atoms with Crippen LogP contribution < -0.4 is 15.6 Å². The Morgan fingerprint density at radius 1 is 0.878 bits per heavy atom. The van der Waals surface area contributed by atoms with Gasteiger partial charge in [0.15, 0.2) is 0 Å². The Hall–Kier alpha value is -4.13. The predicted octanol–water partition coefficient (Wildman–Crippen LogP) is 7.89. The van der Waals surface area contributed by atoms with Gasteiger partial charge in [-0.15, -0.1) is 0 Å². The lowest BCUT2D eigenvalue weighted by Crippen LogP contribution is -2.42. The Balaban J connectivity index is 1.86. The first-order valence-corrected chi connectivity index (χ1v) is 14.4.